The van der Waals surface area contributed by atoms with Gasteiger partial charge >= 0.3 is 0 Å². The Morgan fingerprint density at radius 2 is 1.83 bits per heavy atom. The minimum absolute atomic E-state index is 0.682. The van der Waals surface area contributed by atoms with Gasteiger partial charge in [0.25, 0.3) is 0 Å². The van der Waals surface area contributed by atoms with Gasteiger partial charge in [-0.05, 0) is 45.2 Å². The second kappa shape index (κ2) is 6.25. The molecule has 0 unspecified atom stereocenters. The average Bonchev–Trinajstić information content (AvgIpc) is 3.14. The van der Waals surface area contributed by atoms with Gasteiger partial charge in [0.15, 0.2) is 0 Å². The summed E-state index contributed by atoms with van der Waals surface area (Å²) >= 11 is 0. The van der Waals surface area contributed by atoms with Gasteiger partial charge in [0.05, 0.1) is 6.61 Å². The third-order valence-corrected chi connectivity index (χ3v) is 3.38. The molecule has 4 nitrogen and oxygen atoms in total. The van der Waals surface area contributed by atoms with Crippen molar-refractivity contribution >= 4 is 0 Å². The number of hydrogen-bond acceptors (Lipinski definition) is 4. The van der Waals surface area contributed by atoms with E-state index in [0.29, 0.717) is 6.61 Å². The molecule has 100 valence electrons. The van der Waals surface area contributed by atoms with Crippen LogP contribution < -0.4 is 5.32 Å². The Morgan fingerprint density at radius 1 is 1.17 bits per heavy atom. The van der Waals surface area contributed by atoms with E-state index in [1.165, 1.54) is 18.4 Å². The van der Waals surface area contributed by atoms with Gasteiger partial charge in [-0.1, -0.05) is 0 Å². The van der Waals surface area contributed by atoms with E-state index in [-0.39, 0.29) is 0 Å². The molecule has 4 heteroatoms. The second-order valence-electron chi connectivity index (χ2n) is 5.01. The minimum Gasteiger partial charge on any atom is -0.384 e. The molecule has 18 heavy (non-hydrogen) atoms. The van der Waals surface area contributed by atoms with Crippen molar-refractivity contribution < 1.29 is 4.74 Å². The average molecular weight is 249 g/mol. The third kappa shape index (κ3) is 3.75. The molecule has 0 saturated heterocycles. The molecule has 1 aromatic heterocycles. The zero-order valence-corrected chi connectivity index (χ0v) is 11.6. The molecule has 1 aromatic rings. The van der Waals surface area contributed by atoms with E-state index in [2.05, 4.69) is 29.1 Å². The fourth-order valence-corrected chi connectivity index (χ4v) is 2.16. The maximum absolute atomic E-state index is 5.06. The summed E-state index contributed by atoms with van der Waals surface area (Å²) in [5, 5.41) is 3.53. The number of hydrogen-bond donors (Lipinski definition) is 1. The summed E-state index contributed by atoms with van der Waals surface area (Å²) in [5.74, 6) is 0.894. The zero-order chi connectivity index (χ0) is 13.0. The van der Waals surface area contributed by atoms with E-state index in [1.807, 2.05) is 0 Å². The standard InChI is InChI=1S/C14H23N3O/c1-10-13(6-8-15-12-4-5-12)11(2)17-14(16-10)7-9-18-3/h12,15H,4-9H2,1-3H3. The quantitative estimate of drug-likeness (QED) is 0.797. The fourth-order valence-electron chi connectivity index (χ4n) is 2.16. The SMILES string of the molecule is COCCc1nc(C)c(CCNC2CC2)c(C)n1. The fraction of sp³-hybridized carbons (Fsp3) is 0.714. The van der Waals surface area contributed by atoms with Crippen LogP contribution in [0.25, 0.3) is 0 Å². The Balaban J connectivity index is 1.95. The smallest absolute Gasteiger partial charge is 0.131 e. The minimum atomic E-state index is 0.682. The molecule has 1 saturated carbocycles. The molecule has 1 heterocycles. The number of aryl methyl sites for hydroxylation is 2. The molecule has 2 rings (SSSR count). The molecule has 0 bridgehead atoms. The number of ether oxygens (including phenoxy) is 1. The van der Waals surface area contributed by atoms with Crippen LogP contribution in [0.4, 0.5) is 0 Å². The Bertz CT molecular complexity index is 379. The summed E-state index contributed by atoms with van der Waals surface area (Å²) in [6.45, 7) is 5.88. The van der Waals surface area contributed by atoms with Crippen LogP contribution in [-0.4, -0.2) is 36.3 Å². The third-order valence-electron chi connectivity index (χ3n) is 3.38. The highest BCUT2D eigenvalue weighted by molar-refractivity contribution is 5.24. The molecule has 0 spiro atoms. The molecule has 0 aliphatic heterocycles. The highest BCUT2D eigenvalue weighted by Gasteiger charge is 2.20. The lowest BCUT2D eigenvalue weighted by Gasteiger charge is -2.11. The van der Waals surface area contributed by atoms with Crippen LogP contribution in [0.1, 0.15) is 35.6 Å². The van der Waals surface area contributed by atoms with Crippen molar-refractivity contribution in [3.63, 3.8) is 0 Å². The number of aromatic nitrogens is 2. The van der Waals surface area contributed by atoms with Crippen LogP contribution in [-0.2, 0) is 17.6 Å². The van der Waals surface area contributed by atoms with E-state index >= 15 is 0 Å². The van der Waals surface area contributed by atoms with Crippen LogP contribution in [0, 0.1) is 13.8 Å². The molecule has 0 radical (unpaired) electrons. The molecule has 0 atom stereocenters. The number of methoxy groups -OCH3 is 1. The van der Waals surface area contributed by atoms with Gasteiger partial charge in [-0.3, -0.25) is 0 Å². The van der Waals surface area contributed by atoms with Crippen molar-refractivity contribution in [1.29, 1.82) is 0 Å². The summed E-state index contributed by atoms with van der Waals surface area (Å²) in [7, 11) is 1.71. The van der Waals surface area contributed by atoms with Gasteiger partial charge in [0.1, 0.15) is 5.82 Å². The molecule has 1 aliphatic carbocycles. The Kier molecular flexibility index (Phi) is 4.66. The van der Waals surface area contributed by atoms with Crippen molar-refractivity contribution in [3.8, 4) is 0 Å². The van der Waals surface area contributed by atoms with Crippen LogP contribution >= 0.6 is 0 Å². The van der Waals surface area contributed by atoms with Gasteiger partial charge in [-0.25, -0.2) is 9.97 Å². The summed E-state index contributed by atoms with van der Waals surface area (Å²) in [6, 6.07) is 0.771. The summed E-state index contributed by atoms with van der Waals surface area (Å²) < 4.78 is 5.06. The van der Waals surface area contributed by atoms with Gasteiger partial charge in [-0.15, -0.1) is 0 Å². The van der Waals surface area contributed by atoms with Crippen molar-refractivity contribution in [1.82, 2.24) is 15.3 Å². The van der Waals surface area contributed by atoms with Crippen LogP contribution in [0.2, 0.25) is 0 Å². The first-order valence-corrected chi connectivity index (χ1v) is 6.76. The van der Waals surface area contributed by atoms with Crippen LogP contribution in [0.15, 0.2) is 0 Å². The molecule has 0 amide bonds. The van der Waals surface area contributed by atoms with Crippen LogP contribution in [0.5, 0.6) is 0 Å². The van der Waals surface area contributed by atoms with E-state index in [4.69, 9.17) is 4.74 Å². The molecule has 1 aliphatic rings. The van der Waals surface area contributed by atoms with E-state index in [9.17, 15) is 0 Å². The van der Waals surface area contributed by atoms with Crippen molar-refractivity contribution in [2.75, 3.05) is 20.3 Å². The molecular formula is C14H23N3O. The Morgan fingerprint density at radius 3 is 2.39 bits per heavy atom. The lowest BCUT2D eigenvalue weighted by Crippen LogP contribution is -2.20. The Hall–Kier alpha value is -1.00. The number of nitrogens with zero attached hydrogens (tertiary/aromatic N) is 2. The van der Waals surface area contributed by atoms with E-state index in [0.717, 1.165) is 42.6 Å². The largest absolute Gasteiger partial charge is 0.384 e. The highest BCUT2D eigenvalue weighted by Crippen LogP contribution is 2.19. The lowest BCUT2D eigenvalue weighted by atomic mass is 10.1. The molecule has 1 fully saturated rings. The number of nitrogens with one attached hydrogen (secondary N) is 1. The summed E-state index contributed by atoms with van der Waals surface area (Å²) in [6.07, 6.45) is 4.49. The van der Waals surface area contributed by atoms with Gasteiger partial charge in [-0.2, -0.15) is 0 Å². The summed E-state index contributed by atoms with van der Waals surface area (Å²) in [4.78, 5) is 9.13. The maximum Gasteiger partial charge on any atom is 0.131 e. The number of rotatable bonds is 7. The maximum atomic E-state index is 5.06. The van der Waals surface area contributed by atoms with E-state index < -0.39 is 0 Å². The Labute approximate surface area is 109 Å². The molecule has 0 aromatic carbocycles. The first kappa shape index (κ1) is 13.4. The second-order valence-corrected chi connectivity index (χ2v) is 5.01. The van der Waals surface area contributed by atoms with Gasteiger partial charge in [0, 0.05) is 31.0 Å². The molecule has 1 N–H and O–H groups in total. The summed E-state index contributed by atoms with van der Waals surface area (Å²) in [5.41, 5.74) is 3.53. The normalized spacial score (nSPS) is 15.1. The predicted molar refractivity (Wildman–Crippen MR) is 71.8 cm³/mol. The highest BCUT2D eigenvalue weighted by atomic mass is 16.5. The monoisotopic (exact) mass is 249 g/mol. The lowest BCUT2D eigenvalue weighted by molar-refractivity contribution is 0.200. The van der Waals surface area contributed by atoms with Gasteiger partial charge in [0.2, 0.25) is 0 Å². The predicted octanol–water partition coefficient (Wildman–Crippen LogP) is 1.58. The van der Waals surface area contributed by atoms with E-state index in [1.54, 1.807) is 7.11 Å². The zero-order valence-electron chi connectivity index (χ0n) is 11.6. The van der Waals surface area contributed by atoms with Crippen molar-refractivity contribution in [3.05, 3.63) is 22.8 Å². The van der Waals surface area contributed by atoms with Crippen molar-refractivity contribution in [2.45, 2.75) is 45.6 Å². The molecular weight excluding hydrogens is 226 g/mol. The van der Waals surface area contributed by atoms with Crippen molar-refractivity contribution in [2.24, 2.45) is 0 Å². The van der Waals surface area contributed by atoms with Gasteiger partial charge < -0.3 is 10.1 Å². The first-order valence-electron chi connectivity index (χ1n) is 6.76. The first-order chi connectivity index (χ1) is 8.70. The topological polar surface area (TPSA) is 47.0 Å². The van der Waals surface area contributed by atoms with Crippen LogP contribution in [0.3, 0.4) is 0 Å².